The molecule has 0 aliphatic rings. The molecule has 4 rings (SSSR count). The summed E-state index contributed by atoms with van der Waals surface area (Å²) in [6.45, 7) is 6.47. The number of hydrogen-bond donors (Lipinski definition) is 0. The fourth-order valence-electron chi connectivity index (χ4n) is 4.00. The van der Waals surface area contributed by atoms with E-state index >= 15 is 0 Å². The maximum atomic E-state index is 13.5. The summed E-state index contributed by atoms with van der Waals surface area (Å²) in [6, 6.07) is 33.7. The van der Waals surface area contributed by atoms with Crippen molar-refractivity contribution in [3.63, 3.8) is 0 Å². The zero-order valence-electron chi connectivity index (χ0n) is 20.7. The van der Waals surface area contributed by atoms with Crippen LogP contribution >= 0.6 is 0 Å². The summed E-state index contributed by atoms with van der Waals surface area (Å²) in [5.74, 6) is 0. The van der Waals surface area contributed by atoms with Crippen molar-refractivity contribution < 1.29 is 8.42 Å². The van der Waals surface area contributed by atoms with Gasteiger partial charge in [-0.1, -0.05) is 60.7 Å². The van der Waals surface area contributed by atoms with E-state index in [9.17, 15) is 8.42 Å². The second kappa shape index (κ2) is 11.7. The van der Waals surface area contributed by atoms with Gasteiger partial charge in [-0.15, -0.1) is 0 Å². The predicted molar refractivity (Wildman–Crippen MR) is 150 cm³/mol. The lowest BCUT2D eigenvalue weighted by Gasteiger charge is -2.25. The number of hydrogen-bond acceptors (Lipinski definition) is 4. The van der Waals surface area contributed by atoms with Gasteiger partial charge in [0.1, 0.15) is 0 Å². The van der Waals surface area contributed by atoms with Crippen LogP contribution in [0.4, 0.5) is 17.1 Å². The number of aliphatic imine (C=N–C) groups is 1. The third-order valence-corrected chi connectivity index (χ3v) is 7.81. The molecule has 0 spiro atoms. The van der Waals surface area contributed by atoms with Crippen LogP contribution in [0, 0.1) is 0 Å². The molecule has 0 radical (unpaired) electrons. The smallest absolute Gasteiger partial charge is 0.264 e. The molecule has 0 unspecified atom stereocenters. The van der Waals surface area contributed by atoms with Gasteiger partial charge in [0.05, 0.1) is 22.8 Å². The highest BCUT2D eigenvalue weighted by molar-refractivity contribution is 7.92. The van der Waals surface area contributed by atoms with Gasteiger partial charge < -0.3 is 4.90 Å². The molecule has 4 aromatic carbocycles. The minimum Gasteiger partial charge on any atom is -0.372 e. The van der Waals surface area contributed by atoms with E-state index in [4.69, 9.17) is 0 Å². The van der Waals surface area contributed by atoms with Crippen LogP contribution in [0.1, 0.15) is 25.0 Å². The van der Waals surface area contributed by atoms with Gasteiger partial charge in [0.15, 0.2) is 0 Å². The molecule has 0 aromatic heterocycles. The van der Waals surface area contributed by atoms with Gasteiger partial charge in [-0.2, -0.15) is 0 Å². The number of sulfonamides is 1. The van der Waals surface area contributed by atoms with Crippen molar-refractivity contribution in [3.8, 4) is 0 Å². The predicted octanol–water partition coefficient (Wildman–Crippen LogP) is 6.68. The molecule has 0 heterocycles. The van der Waals surface area contributed by atoms with Crippen LogP contribution in [-0.2, 0) is 16.6 Å². The Morgan fingerprint density at radius 2 is 1.25 bits per heavy atom. The second-order valence-corrected chi connectivity index (χ2v) is 10.2. The minimum absolute atomic E-state index is 0.236. The van der Waals surface area contributed by atoms with Crippen LogP contribution in [0.25, 0.3) is 0 Å². The quantitative estimate of drug-likeness (QED) is 0.230. The van der Waals surface area contributed by atoms with Crippen molar-refractivity contribution in [2.75, 3.05) is 22.3 Å². The minimum atomic E-state index is -3.75. The fraction of sp³-hybridized carbons (Fsp3) is 0.167. The molecule has 36 heavy (non-hydrogen) atoms. The lowest BCUT2D eigenvalue weighted by Crippen LogP contribution is -2.30. The van der Waals surface area contributed by atoms with Gasteiger partial charge in [-0.25, -0.2) is 8.42 Å². The lowest BCUT2D eigenvalue weighted by molar-refractivity contribution is 0.590. The summed E-state index contributed by atoms with van der Waals surface area (Å²) < 4.78 is 28.5. The summed E-state index contributed by atoms with van der Waals surface area (Å²) in [7, 11) is -3.75. The number of anilines is 2. The molecular formula is C30H31N3O2S. The third-order valence-electron chi connectivity index (χ3n) is 6.02. The van der Waals surface area contributed by atoms with Crippen LogP contribution in [0.15, 0.2) is 119 Å². The van der Waals surface area contributed by atoms with Gasteiger partial charge in [-0.3, -0.25) is 9.30 Å². The van der Waals surface area contributed by atoms with Crippen LogP contribution in [0.2, 0.25) is 0 Å². The molecule has 0 atom stereocenters. The number of nitrogens with zero attached hydrogens (tertiary/aromatic N) is 3. The van der Waals surface area contributed by atoms with Crippen LogP contribution in [0.5, 0.6) is 0 Å². The van der Waals surface area contributed by atoms with Crippen molar-refractivity contribution in [1.82, 2.24) is 0 Å². The summed E-state index contributed by atoms with van der Waals surface area (Å²) in [4.78, 5) is 7.15. The first kappa shape index (κ1) is 25.2. The summed E-state index contributed by atoms with van der Waals surface area (Å²) >= 11 is 0. The first-order valence-corrected chi connectivity index (χ1v) is 13.6. The second-order valence-electron chi connectivity index (χ2n) is 8.35. The Hall–Kier alpha value is -3.90. The molecule has 184 valence electrons. The Balaban J connectivity index is 1.57. The molecule has 0 N–H and O–H groups in total. The van der Waals surface area contributed by atoms with Gasteiger partial charge in [0.25, 0.3) is 10.0 Å². The van der Waals surface area contributed by atoms with Crippen LogP contribution in [-0.4, -0.2) is 27.7 Å². The van der Waals surface area contributed by atoms with Crippen molar-refractivity contribution in [1.29, 1.82) is 0 Å². The van der Waals surface area contributed by atoms with Gasteiger partial charge in [-0.05, 0) is 73.5 Å². The topological polar surface area (TPSA) is 53.0 Å². The highest BCUT2D eigenvalue weighted by Gasteiger charge is 2.25. The van der Waals surface area contributed by atoms with Crippen molar-refractivity contribution >= 4 is 33.3 Å². The molecule has 5 nitrogen and oxygen atoms in total. The Morgan fingerprint density at radius 3 is 1.83 bits per heavy atom. The Bertz CT molecular complexity index is 1370. The van der Waals surface area contributed by atoms with Gasteiger partial charge in [0, 0.05) is 25.0 Å². The first-order valence-electron chi connectivity index (χ1n) is 12.1. The highest BCUT2D eigenvalue weighted by Crippen LogP contribution is 2.28. The largest absolute Gasteiger partial charge is 0.372 e. The van der Waals surface area contributed by atoms with Gasteiger partial charge >= 0.3 is 0 Å². The number of benzene rings is 4. The van der Waals surface area contributed by atoms with Crippen LogP contribution < -0.4 is 9.21 Å². The summed E-state index contributed by atoms with van der Waals surface area (Å²) in [5, 5.41) is 0. The van der Waals surface area contributed by atoms with E-state index in [1.165, 1.54) is 9.99 Å². The number of rotatable bonds is 10. The average Bonchev–Trinajstić information content (AvgIpc) is 2.93. The monoisotopic (exact) mass is 497 g/mol. The molecule has 0 saturated heterocycles. The summed E-state index contributed by atoms with van der Waals surface area (Å²) in [5.41, 5.74) is 4.45. The molecule has 0 saturated carbocycles. The standard InChI is InChI=1S/C30H31N3O2S/c1-3-32(4-2)28-19-15-25(16-20-28)23-31-27-17-21-29(22-18-27)33(24-26-11-7-5-8-12-26)36(34,35)30-13-9-6-10-14-30/h5-23H,3-4,24H2,1-2H3. The zero-order valence-corrected chi connectivity index (χ0v) is 21.5. The van der Waals surface area contributed by atoms with Gasteiger partial charge in [0.2, 0.25) is 0 Å². The molecule has 6 heteroatoms. The third kappa shape index (κ3) is 6.01. The molecule has 0 aliphatic carbocycles. The molecule has 0 bridgehead atoms. The normalized spacial score (nSPS) is 11.5. The molecule has 0 aliphatic heterocycles. The lowest BCUT2D eigenvalue weighted by atomic mass is 10.2. The van der Waals surface area contributed by atoms with E-state index in [0.29, 0.717) is 5.69 Å². The van der Waals surface area contributed by atoms with Crippen molar-refractivity contribution in [2.45, 2.75) is 25.3 Å². The molecule has 0 fully saturated rings. The Kier molecular flexibility index (Phi) is 8.18. The molecule has 0 amide bonds. The average molecular weight is 498 g/mol. The zero-order chi connectivity index (χ0) is 25.4. The molecular weight excluding hydrogens is 466 g/mol. The summed E-state index contributed by atoms with van der Waals surface area (Å²) in [6.07, 6.45) is 1.82. The fourth-order valence-corrected chi connectivity index (χ4v) is 5.47. The SMILES string of the molecule is CCN(CC)c1ccc(C=Nc2ccc(N(Cc3ccccc3)S(=O)(=O)c3ccccc3)cc2)cc1. The van der Waals surface area contributed by atoms with Crippen molar-refractivity contribution in [3.05, 3.63) is 120 Å². The first-order chi connectivity index (χ1) is 17.5. The van der Waals surface area contributed by atoms with Crippen LogP contribution in [0.3, 0.4) is 0 Å². The van der Waals surface area contributed by atoms with E-state index < -0.39 is 10.0 Å². The van der Waals surface area contributed by atoms with E-state index in [1.54, 1.807) is 36.4 Å². The van der Waals surface area contributed by atoms with E-state index in [2.05, 4.69) is 48.0 Å². The van der Waals surface area contributed by atoms with E-state index in [-0.39, 0.29) is 11.4 Å². The Labute approximate surface area is 214 Å². The maximum Gasteiger partial charge on any atom is 0.264 e. The van der Waals surface area contributed by atoms with Crippen molar-refractivity contribution in [2.24, 2.45) is 4.99 Å². The highest BCUT2D eigenvalue weighted by atomic mass is 32.2. The van der Waals surface area contributed by atoms with E-state index in [1.807, 2.05) is 54.7 Å². The van der Waals surface area contributed by atoms with E-state index in [0.717, 1.165) is 29.9 Å². The Morgan fingerprint density at radius 1 is 0.694 bits per heavy atom. The maximum absolute atomic E-state index is 13.5. The molecule has 4 aromatic rings.